The van der Waals surface area contributed by atoms with Gasteiger partial charge in [0.25, 0.3) is 5.91 Å². The Bertz CT molecular complexity index is 2130. The number of nitrogens with one attached hydrogen (secondary N) is 1. The number of ether oxygens (including phenoxy) is 3. The van der Waals surface area contributed by atoms with Crippen LogP contribution in [-0.4, -0.2) is 104 Å². The van der Waals surface area contributed by atoms with Crippen molar-refractivity contribution in [2.45, 2.75) is 39.2 Å². The summed E-state index contributed by atoms with van der Waals surface area (Å²) in [6.07, 6.45) is 7.71. The molecule has 266 valence electrons. The van der Waals surface area contributed by atoms with Crippen molar-refractivity contribution in [3.8, 4) is 28.4 Å². The molecule has 1 aromatic carbocycles. The first kappa shape index (κ1) is 33.7. The third-order valence-electron chi connectivity index (χ3n) is 9.01. The highest BCUT2D eigenvalue weighted by atomic mass is 16.6. The van der Waals surface area contributed by atoms with Crippen molar-refractivity contribution in [3.63, 3.8) is 0 Å². The van der Waals surface area contributed by atoms with Crippen molar-refractivity contribution in [2.75, 3.05) is 51.3 Å². The van der Waals surface area contributed by atoms with Crippen LogP contribution >= 0.6 is 0 Å². The van der Waals surface area contributed by atoms with Crippen molar-refractivity contribution < 1.29 is 28.6 Å². The molecule has 3 amide bonds. The van der Waals surface area contributed by atoms with Crippen molar-refractivity contribution >= 4 is 40.1 Å². The maximum Gasteiger partial charge on any atom is 0.415 e. The normalized spacial score (nSPS) is 15.4. The summed E-state index contributed by atoms with van der Waals surface area (Å²) in [5, 5.41) is 12.8. The van der Waals surface area contributed by atoms with Gasteiger partial charge in [-0.25, -0.2) is 19.0 Å². The van der Waals surface area contributed by atoms with Crippen molar-refractivity contribution in [1.82, 2.24) is 39.6 Å². The van der Waals surface area contributed by atoms with Crippen LogP contribution in [0.5, 0.6) is 11.5 Å². The Morgan fingerprint density at radius 2 is 1.86 bits per heavy atom. The number of carbonyl (C=O) groups is 3. The summed E-state index contributed by atoms with van der Waals surface area (Å²) >= 11 is 0. The molecule has 0 atom stereocenters. The Labute approximate surface area is 293 Å². The van der Waals surface area contributed by atoms with Crippen LogP contribution in [0.1, 0.15) is 44.1 Å². The second-order valence-electron chi connectivity index (χ2n) is 13.5. The molecular weight excluding hydrogens is 656 g/mol. The van der Waals surface area contributed by atoms with Crippen LogP contribution in [0.15, 0.2) is 49.1 Å². The van der Waals surface area contributed by atoms with Gasteiger partial charge in [0.05, 0.1) is 47.7 Å². The van der Waals surface area contributed by atoms with Gasteiger partial charge in [-0.1, -0.05) is 0 Å². The number of hydrogen-bond acceptors (Lipinski definition) is 11. The van der Waals surface area contributed by atoms with E-state index in [0.29, 0.717) is 83.2 Å². The molecule has 0 aliphatic carbocycles. The molecule has 0 spiro atoms. The van der Waals surface area contributed by atoms with Crippen LogP contribution < -0.4 is 25.4 Å². The third-order valence-corrected chi connectivity index (χ3v) is 9.01. The van der Waals surface area contributed by atoms with Gasteiger partial charge in [0, 0.05) is 49.7 Å². The minimum atomic E-state index is -0.686. The molecule has 2 aliphatic rings. The molecule has 5 aromatic rings. The molecule has 4 aromatic heterocycles. The molecule has 0 saturated carbocycles. The monoisotopic (exact) mass is 696 g/mol. The van der Waals surface area contributed by atoms with Crippen molar-refractivity contribution in [3.05, 3.63) is 54.7 Å². The molecule has 0 unspecified atom stereocenters. The maximum atomic E-state index is 13.8. The number of amides is 3. The van der Waals surface area contributed by atoms with Gasteiger partial charge in [-0.3, -0.25) is 19.5 Å². The van der Waals surface area contributed by atoms with E-state index in [2.05, 4.69) is 20.3 Å². The number of methoxy groups -OCH3 is 1. The minimum absolute atomic E-state index is 0.105. The standard InChI is InChI=1S/C35H40N10O6/c1-35(2,3)51-34(48)43-14-15-50-29-18-27(28(49-4)17-26(29)43)45-25-16-24(22-20-40-44-10-5-8-37-32(22)44)39-19-23(25)30(41-45)33(47)38-9-13-42-11-6-21(7-12-42)31(36)46/h5,8,10,16-21H,6-7,9,11-15H2,1-4H3,(H2,36,46)(H,38,47). The molecule has 1 fully saturated rings. The number of hydrogen-bond donors (Lipinski definition) is 2. The van der Waals surface area contributed by atoms with Crippen LogP contribution in [0.2, 0.25) is 0 Å². The van der Waals surface area contributed by atoms with E-state index >= 15 is 0 Å². The molecule has 2 aliphatic heterocycles. The number of nitrogens with two attached hydrogens (primary N) is 1. The van der Waals surface area contributed by atoms with Crippen LogP contribution in [0.3, 0.4) is 0 Å². The first-order chi connectivity index (χ1) is 24.5. The lowest BCUT2D eigenvalue weighted by molar-refractivity contribution is -0.123. The maximum absolute atomic E-state index is 13.8. The highest BCUT2D eigenvalue weighted by molar-refractivity contribution is 6.06. The van der Waals surface area contributed by atoms with Gasteiger partial charge in [-0.05, 0) is 58.8 Å². The fraction of sp³-hybridized carbons (Fsp3) is 0.400. The van der Waals surface area contributed by atoms with Gasteiger partial charge in [0.1, 0.15) is 29.4 Å². The largest absolute Gasteiger partial charge is 0.494 e. The summed E-state index contributed by atoms with van der Waals surface area (Å²) < 4.78 is 20.8. The summed E-state index contributed by atoms with van der Waals surface area (Å²) in [4.78, 5) is 51.4. The zero-order chi connectivity index (χ0) is 35.9. The van der Waals surface area contributed by atoms with Crippen LogP contribution in [-0.2, 0) is 9.53 Å². The van der Waals surface area contributed by atoms with E-state index < -0.39 is 11.7 Å². The summed E-state index contributed by atoms with van der Waals surface area (Å²) in [5.41, 5.74) is 8.42. The van der Waals surface area contributed by atoms with E-state index in [1.54, 1.807) is 52.2 Å². The number of fused-ring (bicyclic) bond motifs is 3. The van der Waals surface area contributed by atoms with Gasteiger partial charge in [0.2, 0.25) is 5.91 Å². The SMILES string of the molecule is COc1cc2c(cc1-n1nc(C(=O)NCCN3CCC(C(N)=O)CC3)c3cnc(-c4cnn5cccnc45)cc31)OCCN2C(=O)OC(C)(C)C. The average molecular weight is 697 g/mol. The van der Waals surface area contributed by atoms with E-state index in [-0.39, 0.29) is 30.0 Å². The number of nitrogens with zero attached hydrogens (tertiary/aromatic N) is 8. The van der Waals surface area contributed by atoms with Crippen LogP contribution in [0, 0.1) is 5.92 Å². The van der Waals surface area contributed by atoms with Gasteiger partial charge in [-0.2, -0.15) is 10.2 Å². The number of pyridine rings is 1. The molecular formula is C35H40N10O6. The van der Waals surface area contributed by atoms with Gasteiger partial charge in [-0.15, -0.1) is 0 Å². The summed E-state index contributed by atoms with van der Waals surface area (Å²) in [7, 11) is 1.52. The molecule has 3 N–H and O–H groups in total. The Hall–Kier alpha value is -5.77. The zero-order valence-electron chi connectivity index (χ0n) is 29.0. The number of aromatic nitrogens is 6. The fourth-order valence-electron chi connectivity index (χ4n) is 6.44. The third kappa shape index (κ3) is 6.73. The van der Waals surface area contributed by atoms with E-state index in [0.717, 1.165) is 13.1 Å². The molecule has 7 rings (SSSR count). The molecule has 0 bridgehead atoms. The smallest absolute Gasteiger partial charge is 0.415 e. The van der Waals surface area contributed by atoms with Crippen LogP contribution in [0.25, 0.3) is 33.5 Å². The number of anilines is 1. The van der Waals surface area contributed by atoms with Crippen molar-refractivity contribution in [1.29, 1.82) is 0 Å². The van der Waals surface area contributed by atoms with E-state index in [1.807, 2.05) is 26.8 Å². The number of carbonyl (C=O) groups excluding carboxylic acids is 3. The van der Waals surface area contributed by atoms with Crippen LogP contribution in [0.4, 0.5) is 10.5 Å². The highest BCUT2D eigenvalue weighted by Crippen LogP contribution is 2.41. The highest BCUT2D eigenvalue weighted by Gasteiger charge is 2.31. The van der Waals surface area contributed by atoms with E-state index in [4.69, 9.17) is 30.0 Å². The second kappa shape index (κ2) is 13.5. The number of likely N-dealkylation sites (tertiary alicyclic amines) is 1. The number of primary amides is 1. The van der Waals surface area contributed by atoms with Gasteiger partial charge in [0.15, 0.2) is 11.3 Å². The predicted octanol–water partition coefficient (Wildman–Crippen LogP) is 3.20. The summed E-state index contributed by atoms with van der Waals surface area (Å²) in [6, 6.07) is 7.07. The van der Waals surface area contributed by atoms with Gasteiger partial charge >= 0.3 is 6.09 Å². The molecule has 1 saturated heterocycles. The Morgan fingerprint density at radius 1 is 1.06 bits per heavy atom. The zero-order valence-corrected chi connectivity index (χ0v) is 29.0. The minimum Gasteiger partial charge on any atom is -0.494 e. The molecule has 16 heteroatoms. The molecule has 0 radical (unpaired) electrons. The van der Waals surface area contributed by atoms with E-state index in [9.17, 15) is 14.4 Å². The lowest BCUT2D eigenvalue weighted by atomic mass is 9.96. The Balaban J connectivity index is 1.26. The average Bonchev–Trinajstić information content (AvgIpc) is 3.72. The first-order valence-corrected chi connectivity index (χ1v) is 16.8. The number of benzene rings is 1. The fourth-order valence-corrected chi connectivity index (χ4v) is 6.44. The second-order valence-corrected chi connectivity index (χ2v) is 13.5. The van der Waals surface area contributed by atoms with Gasteiger partial charge < -0.3 is 30.2 Å². The lowest BCUT2D eigenvalue weighted by Gasteiger charge is -2.32. The quantitative estimate of drug-likeness (QED) is 0.243. The summed E-state index contributed by atoms with van der Waals surface area (Å²) in [6.45, 7) is 8.45. The Morgan fingerprint density at radius 3 is 2.61 bits per heavy atom. The number of rotatable bonds is 8. The number of piperidine rings is 1. The molecule has 16 nitrogen and oxygen atoms in total. The summed E-state index contributed by atoms with van der Waals surface area (Å²) in [5.74, 6) is 0.0783. The predicted molar refractivity (Wildman–Crippen MR) is 187 cm³/mol. The lowest BCUT2D eigenvalue weighted by Crippen LogP contribution is -2.42. The molecule has 6 heterocycles. The first-order valence-electron chi connectivity index (χ1n) is 16.8. The topological polar surface area (TPSA) is 184 Å². The van der Waals surface area contributed by atoms with E-state index in [1.165, 1.54) is 12.0 Å². The van der Waals surface area contributed by atoms with Crippen molar-refractivity contribution in [2.24, 2.45) is 11.7 Å². The molecule has 51 heavy (non-hydrogen) atoms. The Kier molecular flexibility index (Phi) is 8.93.